The Labute approximate surface area is 182 Å². The molecule has 1 amide bonds. The maximum absolute atomic E-state index is 13.3. The molecule has 31 heavy (non-hydrogen) atoms. The Bertz CT molecular complexity index is 876. The molecular weight excluding hydrogens is 429 g/mol. The van der Waals surface area contributed by atoms with Gasteiger partial charge in [-0.1, -0.05) is 32.8 Å². The molecule has 1 saturated carbocycles. The minimum absolute atomic E-state index is 0.0510. The van der Waals surface area contributed by atoms with E-state index in [-0.39, 0.29) is 28.8 Å². The number of piperidine rings is 1. The average molecular weight is 461 g/mol. The van der Waals surface area contributed by atoms with Crippen molar-refractivity contribution >= 4 is 15.9 Å². The minimum atomic E-state index is -4.60. The van der Waals surface area contributed by atoms with Gasteiger partial charge in [0.1, 0.15) is 0 Å². The summed E-state index contributed by atoms with van der Waals surface area (Å²) in [7, 11) is -4.06. The second-order valence-corrected chi connectivity index (χ2v) is 10.5. The number of benzene rings is 1. The molecule has 0 spiro atoms. The molecule has 1 heterocycles. The van der Waals surface area contributed by atoms with Crippen LogP contribution in [-0.2, 0) is 21.0 Å². The van der Waals surface area contributed by atoms with Crippen molar-refractivity contribution in [3.63, 3.8) is 0 Å². The standard InChI is InChI=1S/C22H31F3N2O3S/c1-3-4-6-16(2)21(28)26-13-11-19(12-14-26)27(18-9-10-18)31(29,30)20-8-5-7-17(15-20)22(23,24)25/h5,7-8,15-16,18-19H,3-4,6,9-14H2,1-2H3. The molecular formula is C22H31F3N2O3S. The molecule has 1 atom stereocenters. The third kappa shape index (κ3) is 5.61. The van der Waals surface area contributed by atoms with Gasteiger partial charge in [0.25, 0.3) is 0 Å². The number of likely N-dealkylation sites (tertiary alicyclic amines) is 1. The molecule has 0 bridgehead atoms. The fraction of sp³-hybridized carbons (Fsp3) is 0.682. The highest BCUT2D eigenvalue weighted by molar-refractivity contribution is 7.89. The van der Waals surface area contributed by atoms with Gasteiger partial charge >= 0.3 is 6.18 Å². The highest BCUT2D eigenvalue weighted by atomic mass is 32.2. The Morgan fingerprint density at radius 3 is 2.32 bits per heavy atom. The number of rotatable bonds is 8. The zero-order chi connectivity index (χ0) is 22.8. The van der Waals surface area contributed by atoms with E-state index in [0.29, 0.717) is 38.8 Å². The van der Waals surface area contributed by atoms with Crippen molar-refractivity contribution in [1.82, 2.24) is 9.21 Å². The van der Waals surface area contributed by atoms with Crippen LogP contribution in [0, 0.1) is 5.92 Å². The number of halogens is 3. The minimum Gasteiger partial charge on any atom is -0.342 e. The monoisotopic (exact) mass is 460 g/mol. The van der Waals surface area contributed by atoms with Gasteiger partial charge < -0.3 is 4.90 Å². The highest BCUT2D eigenvalue weighted by Crippen LogP contribution is 2.38. The molecule has 1 aromatic rings. The zero-order valence-electron chi connectivity index (χ0n) is 18.1. The first-order valence-corrected chi connectivity index (χ1v) is 12.5. The van der Waals surface area contributed by atoms with E-state index in [0.717, 1.165) is 37.5 Å². The van der Waals surface area contributed by atoms with Gasteiger partial charge in [-0.3, -0.25) is 4.79 Å². The van der Waals surface area contributed by atoms with Crippen LogP contribution < -0.4 is 0 Å². The molecule has 1 saturated heterocycles. The maximum Gasteiger partial charge on any atom is 0.416 e. The number of carbonyl (C=O) groups is 1. The topological polar surface area (TPSA) is 57.7 Å². The first-order valence-electron chi connectivity index (χ1n) is 11.0. The smallest absolute Gasteiger partial charge is 0.342 e. The van der Waals surface area contributed by atoms with E-state index in [9.17, 15) is 26.4 Å². The summed E-state index contributed by atoms with van der Waals surface area (Å²) >= 11 is 0. The van der Waals surface area contributed by atoms with Crippen molar-refractivity contribution in [2.75, 3.05) is 13.1 Å². The van der Waals surface area contributed by atoms with Crippen LogP contribution in [-0.4, -0.2) is 48.7 Å². The van der Waals surface area contributed by atoms with E-state index < -0.39 is 21.8 Å². The third-order valence-electron chi connectivity index (χ3n) is 6.19. The molecule has 0 aromatic heterocycles. The number of amides is 1. The SMILES string of the molecule is CCCCC(C)C(=O)N1CCC(N(C2CC2)S(=O)(=O)c2cccc(C(F)(F)F)c2)CC1. The van der Waals surface area contributed by atoms with Crippen molar-refractivity contribution in [1.29, 1.82) is 0 Å². The molecule has 3 rings (SSSR count). The summed E-state index contributed by atoms with van der Waals surface area (Å²) in [5.74, 6) is 0.0514. The van der Waals surface area contributed by atoms with Crippen LogP contribution in [0.3, 0.4) is 0 Å². The summed E-state index contributed by atoms with van der Waals surface area (Å²) in [6.45, 7) is 4.96. The predicted octanol–water partition coefficient (Wildman–Crippen LogP) is 4.68. The van der Waals surface area contributed by atoms with Gasteiger partial charge in [-0.25, -0.2) is 8.42 Å². The van der Waals surface area contributed by atoms with Gasteiger partial charge in [-0.15, -0.1) is 0 Å². The number of sulfonamides is 1. The van der Waals surface area contributed by atoms with Crippen molar-refractivity contribution < 1.29 is 26.4 Å². The van der Waals surface area contributed by atoms with Crippen LogP contribution >= 0.6 is 0 Å². The van der Waals surface area contributed by atoms with E-state index in [2.05, 4.69) is 6.92 Å². The van der Waals surface area contributed by atoms with E-state index in [1.165, 1.54) is 10.4 Å². The summed E-state index contributed by atoms with van der Waals surface area (Å²) in [5, 5.41) is 0. The fourth-order valence-electron chi connectivity index (χ4n) is 4.26. The number of nitrogens with zero attached hydrogens (tertiary/aromatic N) is 2. The van der Waals surface area contributed by atoms with Crippen LogP contribution in [0.2, 0.25) is 0 Å². The predicted molar refractivity (Wildman–Crippen MR) is 112 cm³/mol. The van der Waals surface area contributed by atoms with Gasteiger partial charge in [0.15, 0.2) is 0 Å². The van der Waals surface area contributed by atoms with Gasteiger partial charge in [0, 0.05) is 31.1 Å². The number of carbonyl (C=O) groups excluding carboxylic acids is 1. The average Bonchev–Trinajstić information content (AvgIpc) is 3.56. The Morgan fingerprint density at radius 1 is 1.16 bits per heavy atom. The van der Waals surface area contributed by atoms with Crippen LogP contribution in [0.25, 0.3) is 0 Å². The zero-order valence-corrected chi connectivity index (χ0v) is 18.9. The molecule has 9 heteroatoms. The van der Waals surface area contributed by atoms with Gasteiger partial charge in [0.05, 0.1) is 10.5 Å². The summed E-state index contributed by atoms with van der Waals surface area (Å²) in [6.07, 6.45) is 0.694. The van der Waals surface area contributed by atoms with E-state index in [1.807, 2.05) is 6.92 Å². The third-order valence-corrected chi connectivity index (χ3v) is 8.19. The molecule has 0 N–H and O–H groups in total. The lowest BCUT2D eigenvalue weighted by molar-refractivity contribution is -0.138. The largest absolute Gasteiger partial charge is 0.416 e. The summed E-state index contributed by atoms with van der Waals surface area (Å²) in [6, 6.07) is 3.49. The van der Waals surface area contributed by atoms with Crippen LogP contribution in [0.4, 0.5) is 13.2 Å². The molecule has 1 aromatic carbocycles. The molecule has 2 fully saturated rings. The Hall–Kier alpha value is -1.61. The molecule has 5 nitrogen and oxygen atoms in total. The first-order chi connectivity index (χ1) is 14.6. The second kappa shape index (κ2) is 9.48. The number of unbranched alkanes of at least 4 members (excludes halogenated alkanes) is 1. The van der Waals surface area contributed by atoms with Crippen molar-refractivity contribution in [3.05, 3.63) is 29.8 Å². The summed E-state index contributed by atoms with van der Waals surface area (Å²) in [5.41, 5.74) is -0.967. The normalized spacial score (nSPS) is 19.6. The number of hydrogen-bond acceptors (Lipinski definition) is 3. The fourth-order valence-corrected chi connectivity index (χ4v) is 6.24. The Morgan fingerprint density at radius 2 is 1.77 bits per heavy atom. The summed E-state index contributed by atoms with van der Waals surface area (Å²) < 4.78 is 67.3. The lowest BCUT2D eigenvalue weighted by Gasteiger charge is -2.38. The van der Waals surface area contributed by atoms with E-state index in [1.54, 1.807) is 4.90 Å². The maximum atomic E-state index is 13.3. The van der Waals surface area contributed by atoms with Crippen molar-refractivity contribution in [2.24, 2.45) is 5.92 Å². The molecule has 1 unspecified atom stereocenters. The van der Waals surface area contributed by atoms with Crippen molar-refractivity contribution in [3.8, 4) is 0 Å². The van der Waals surface area contributed by atoms with Crippen molar-refractivity contribution in [2.45, 2.75) is 81.9 Å². The van der Waals surface area contributed by atoms with Crippen LogP contribution in [0.1, 0.15) is 64.4 Å². The Balaban J connectivity index is 1.73. The lowest BCUT2D eigenvalue weighted by atomic mass is 9.99. The Kier molecular flexibility index (Phi) is 7.35. The number of hydrogen-bond donors (Lipinski definition) is 0. The highest BCUT2D eigenvalue weighted by Gasteiger charge is 2.44. The lowest BCUT2D eigenvalue weighted by Crippen LogP contribution is -2.50. The quantitative estimate of drug-likeness (QED) is 0.566. The number of alkyl halides is 3. The van der Waals surface area contributed by atoms with E-state index >= 15 is 0 Å². The van der Waals surface area contributed by atoms with E-state index in [4.69, 9.17) is 0 Å². The molecule has 1 aliphatic heterocycles. The summed E-state index contributed by atoms with van der Waals surface area (Å²) in [4.78, 5) is 14.1. The van der Waals surface area contributed by atoms with Gasteiger partial charge in [0.2, 0.25) is 15.9 Å². The molecule has 174 valence electrons. The van der Waals surface area contributed by atoms with Gasteiger partial charge in [-0.05, 0) is 50.3 Å². The van der Waals surface area contributed by atoms with Gasteiger partial charge in [-0.2, -0.15) is 17.5 Å². The van der Waals surface area contributed by atoms with Crippen LogP contribution in [0.15, 0.2) is 29.2 Å². The molecule has 1 aliphatic carbocycles. The molecule has 0 radical (unpaired) electrons. The first kappa shape index (κ1) is 24.0. The molecule has 2 aliphatic rings. The van der Waals surface area contributed by atoms with Crippen LogP contribution in [0.5, 0.6) is 0 Å². The second-order valence-electron chi connectivity index (χ2n) is 8.69.